The summed E-state index contributed by atoms with van der Waals surface area (Å²) in [6.07, 6.45) is 1.58. The van der Waals surface area contributed by atoms with E-state index in [-0.39, 0.29) is 5.70 Å². The number of ether oxygens (including phenoxy) is 1. The molecular formula is C21H19Cl2N5O3. The summed E-state index contributed by atoms with van der Waals surface area (Å²) in [4.78, 5) is 25.0. The molecule has 3 rings (SSSR count). The molecule has 2 aromatic carbocycles. The van der Waals surface area contributed by atoms with Crippen LogP contribution in [0.1, 0.15) is 29.9 Å². The second kappa shape index (κ2) is 10.2. The number of aromatic nitrogens is 4. The third kappa shape index (κ3) is 5.90. The van der Waals surface area contributed by atoms with Crippen LogP contribution in [0.4, 0.5) is 0 Å². The minimum Gasteiger partial charge on any atom is -0.451 e. The Kier molecular flexibility index (Phi) is 7.38. The topological polar surface area (TPSA) is 99.0 Å². The van der Waals surface area contributed by atoms with Crippen molar-refractivity contribution in [1.29, 1.82) is 0 Å². The van der Waals surface area contributed by atoms with Crippen LogP contribution >= 0.6 is 23.2 Å². The third-order valence-electron chi connectivity index (χ3n) is 4.31. The molecule has 0 aliphatic heterocycles. The highest BCUT2D eigenvalue weighted by atomic mass is 35.5. The van der Waals surface area contributed by atoms with Gasteiger partial charge in [0.05, 0.1) is 6.04 Å². The first kappa shape index (κ1) is 22.5. The van der Waals surface area contributed by atoms with E-state index in [0.29, 0.717) is 21.4 Å². The molecule has 0 fully saturated rings. The van der Waals surface area contributed by atoms with E-state index in [4.69, 9.17) is 27.9 Å². The lowest BCUT2D eigenvalue weighted by molar-refractivity contribution is -0.143. The zero-order valence-corrected chi connectivity index (χ0v) is 18.3. The summed E-state index contributed by atoms with van der Waals surface area (Å²) in [7, 11) is 0. The van der Waals surface area contributed by atoms with Crippen molar-refractivity contribution in [3.05, 3.63) is 75.5 Å². The number of carbonyl (C=O) groups is 2. The van der Waals surface area contributed by atoms with Crippen molar-refractivity contribution in [2.75, 3.05) is 6.61 Å². The van der Waals surface area contributed by atoms with Crippen molar-refractivity contribution in [2.24, 2.45) is 0 Å². The minimum absolute atomic E-state index is 0.0790. The van der Waals surface area contributed by atoms with Gasteiger partial charge in [0.1, 0.15) is 0 Å². The van der Waals surface area contributed by atoms with Gasteiger partial charge in [-0.1, -0.05) is 59.6 Å². The number of halogens is 2. The van der Waals surface area contributed by atoms with Crippen LogP contribution in [0.25, 0.3) is 11.8 Å². The van der Waals surface area contributed by atoms with Gasteiger partial charge in [-0.15, -0.1) is 5.10 Å². The third-order valence-corrected chi connectivity index (χ3v) is 4.87. The van der Waals surface area contributed by atoms with Crippen LogP contribution in [0, 0.1) is 6.92 Å². The molecule has 31 heavy (non-hydrogen) atoms. The van der Waals surface area contributed by atoms with Gasteiger partial charge in [-0.3, -0.25) is 4.79 Å². The lowest BCUT2D eigenvalue weighted by Crippen LogP contribution is -2.31. The van der Waals surface area contributed by atoms with Gasteiger partial charge in [0.2, 0.25) is 0 Å². The molecule has 10 heteroatoms. The fraction of sp³-hybridized carbons (Fsp3) is 0.190. The van der Waals surface area contributed by atoms with Crippen LogP contribution in [-0.2, 0) is 14.3 Å². The fourth-order valence-corrected chi connectivity index (χ4v) is 3.36. The number of carbonyl (C=O) groups excluding carboxylic acids is 2. The van der Waals surface area contributed by atoms with Gasteiger partial charge >= 0.3 is 5.97 Å². The predicted octanol–water partition coefficient (Wildman–Crippen LogP) is 3.71. The monoisotopic (exact) mass is 459 g/mol. The molecule has 0 radical (unpaired) electrons. The van der Waals surface area contributed by atoms with E-state index < -0.39 is 24.5 Å². The number of aryl methyl sites for hydroxylation is 1. The lowest BCUT2D eigenvalue weighted by Gasteiger charge is -2.16. The maximum atomic E-state index is 12.7. The molecule has 0 bridgehead atoms. The highest BCUT2D eigenvalue weighted by molar-refractivity contribution is 6.35. The van der Waals surface area contributed by atoms with Crippen molar-refractivity contribution < 1.29 is 14.3 Å². The number of amides is 1. The first-order chi connectivity index (χ1) is 14.8. The Hall–Kier alpha value is -3.23. The fourth-order valence-electron chi connectivity index (χ4n) is 2.79. The molecule has 8 nitrogen and oxygen atoms in total. The second-order valence-electron chi connectivity index (χ2n) is 6.61. The van der Waals surface area contributed by atoms with Crippen LogP contribution in [0.15, 0.2) is 48.5 Å². The molecule has 160 valence electrons. The van der Waals surface area contributed by atoms with Crippen molar-refractivity contribution in [3.63, 3.8) is 0 Å². The Bertz CT molecular complexity index is 1120. The van der Waals surface area contributed by atoms with Gasteiger partial charge in [0.15, 0.2) is 18.1 Å². The molecule has 0 saturated heterocycles. The molecule has 0 spiro atoms. The molecule has 0 saturated carbocycles. The molecular weight excluding hydrogens is 441 g/mol. The predicted molar refractivity (Wildman–Crippen MR) is 117 cm³/mol. The summed E-state index contributed by atoms with van der Waals surface area (Å²) in [5, 5.41) is 14.8. The Balaban J connectivity index is 1.68. The number of tetrazole rings is 1. The van der Waals surface area contributed by atoms with Gasteiger partial charge in [0.25, 0.3) is 5.91 Å². The summed E-state index contributed by atoms with van der Waals surface area (Å²) >= 11 is 12.1. The van der Waals surface area contributed by atoms with Gasteiger partial charge in [-0.2, -0.15) is 4.68 Å². The van der Waals surface area contributed by atoms with E-state index in [1.165, 1.54) is 4.68 Å². The number of nitrogens with one attached hydrogen (secondary N) is 1. The molecule has 1 heterocycles. The lowest BCUT2D eigenvalue weighted by atomic mass is 10.1. The van der Waals surface area contributed by atoms with E-state index in [9.17, 15) is 9.59 Å². The normalized spacial score (nSPS) is 12.3. The standard InChI is InChI=1S/C21H19Cl2N5O3/c1-13(17-9-8-16(22)11-18(17)23)24-20(29)12-31-21(30)19(28-14(2)25-26-27-28)10-15-6-4-3-5-7-15/h3-11,13H,12H2,1-2H3,(H,24,29)/b19-10-. The quantitative estimate of drug-likeness (QED) is 0.427. The molecule has 1 aromatic heterocycles. The van der Waals surface area contributed by atoms with Crippen LogP contribution in [0.3, 0.4) is 0 Å². The molecule has 1 N–H and O–H groups in total. The number of hydrogen-bond donors (Lipinski definition) is 1. The van der Waals surface area contributed by atoms with E-state index in [2.05, 4.69) is 20.8 Å². The van der Waals surface area contributed by atoms with Crippen molar-refractivity contribution in [1.82, 2.24) is 25.5 Å². The van der Waals surface area contributed by atoms with Crippen LogP contribution in [0.2, 0.25) is 10.0 Å². The van der Waals surface area contributed by atoms with Gasteiger partial charge in [-0.25, -0.2) is 4.79 Å². The van der Waals surface area contributed by atoms with Crippen LogP contribution in [0.5, 0.6) is 0 Å². The van der Waals surface area contributed by atoms with E-state index in [1.54, 1.807) is 38.1 Å². The molecule has 3 aromatic rings. The first-order valence-corrected chi connectivity index (χ1v) is 10.0. The molecule has 1 unspecified atom stereocenters. The number of benzene rings is 2. The Morgan fingerprint density at radius 2 is 1.94 bits per heavy atom. The minimum atomic E-state index is -0.744. The SMILES string of the molecule is Cc1nnnn1/C(=C\c1ccccc1)C(=O)OCC(=O)NC(C)c1ccc(Cl)cc1Cl. The smallest absolute Gasteiger partial charge is 0.357 e. The largest absolute Gasteiger partial charge is 0.451 e. The maximum Gasteiger partial charge on any atom is 0.357 e. The highest BCUT2D eigenvalue weighted by Gasteiger charge is 2.20. The highest BCUT2D eigenvalue weighted by Crippen LogP contribution is 2.26. The average molecular weight is 460 g/mol. The van der Waals surface area contributed by atoms with Gasteiger partial charge < -0.3 is 10.1 Å². The Labute approximate surface area is 188 Å². The van der Waals surface area contributed by atoms with E-state index in [0.717, 1.165) is 5.56 Å². The summed E-state index contributed by atoms with van der Waals surface area (Å²) in [6, 6.07) is 13.7. The van der Waals surface area contributed by atoms with Crippen molar-refractivity contribution in [2.45, 2.75) is 19.9 Å². The summed E-state index contributed by atoms with van der Waals surface area (Å²) < 4.78 is 6.47. The van der Waals surface area contributed by atoms with Crippen molar-refractivity contribution in [3.8, 4) is 0 Å². The van der Waals surface area contributed by atoms with Gasteiger partial charge in [-0.05, 0) is 53.6 Å². The number of rotatable bonds is 7. The second-order valence-corrected chi connectivity index (χ2v) is 7.45. The van der Waals surface area contributed by atoms with E-state index >= 15 is 0 Å². The molecule has 1 atom stereocenters. The summed E-state index contributed by atoms with van der Waals surface area (Å²) in [5.41, 5.74) is 1.52. The maximum absolute atomic E-state index is 12.7. The number of esters is 1. The Morgan fingerprint density at radius 1 is 1.19 bits per heavy atom. The molecule has 1 amide bonds. The summed E-state index contributed by atoms with van der Waals surface area (Å²) in [6.45, 7) is 2.93. The molecule has 0 aliphatic carbocycles. The van der Waals surface area contributed by atoms with Crippen LogP contribution < -0.4 is 5.32 Å². The average Bonchev–Trinajstić information content (AvgIpc) is 3.16. The van der Waals surface area contributed by atoms with E-state index in [1.807, 2.05) is 30.3 Å². The number of nitrogens with zero attached hydrogens (tertiary/aromatic N) is 4. The van der Waals surface area contributed by atoms with Crippen LogP contribution in [-0.4, -0.2) is 38.7 Å². The summed E-state index contributed by atoms with van der Waals surface area (Å²) in [5.74, 6) is -0.833. The number of hydrogen-bond acceptors (Lipinski definition) is 6. The zero-order valence-electron chi connectivity index (χ0n) is 16.8. The van der Waals surface area contributed by atoms with Crippen molar-refractivity contribution >= 4 is 46.9 Å². The zero-order chi connectivity index (χ0) is 22.4. The molecule has 0 aliphatic rings. The first-order valence-electron chi connectivity index (χ1n) is 9.28. The Morgan fingerprint density at radius 3 is 2.58 bits per heavy atom. The van der Waals surface area contributed by atoms with Gasteiger partial charge in [0, 0.05) is 10.0 Å².